The second kappa shape index (κ2) is 9.25. The molecule has 1 aromatic heterocycles. The largest absolute Gasteiger partial charge is 0.491 e. The average Bonchev–Trinajstić information content (AvgIpc) is 3.03. The summed E-state index contributed by atoms with van der Waals surface area (Å²) in [5, 5.41) is 26.3. The minimum atomic E-state index is -1.32. The first-order valence-corrected chi connectivity index (χ1v) is 10.6. The predicted molar refractivity (Wildman–Crippen MR) is 119 cm³/mol. The summed E-state index contributed by atoms with van der Waals surface area (Å²) in [6.07, 6.45) is -3.12. The van der Waals surface area contributed by atoms with Crippen LogP contribution < -0.4 is 21.3 Å². The third-order valence-corrected chi connectivity index (χ3v) is 5.47. The fourth-order valence-corrected chi connectivity index (χ4v) is 3.96. The van der Waals surface area contributed by atoms with E-state index in [-0.39, 0.29) is 12.6 Å². The van der Waals surface area contributed by atoms with Crippen LogP contribution in [-0.4, -0.2) is 50.7 Å². The maximum Gasteiger partial charge on any atom is 0.330 e. The van der Waals surface area contributed by atoms with Gasteiger partial charge in [-0.05, 0) is 30.7 Å². The standard InChI is InChI=1S/C23H27N3O6/c1-13(2)31-17-8-7-14-5-3-4-6-15(14)16(17)11-24-12-18-20(28)21(29)22(32-18)26-10-9-19(27)25-23(26)30/h3-10,13,18,20-22,24,28-29H,11-12H2,1-2H3,(H,25,27,30)/t18-,20-,21-,22-/m1/s1. The predicted octanol–water partition coefficient (Wildman–Crippen LogP) is 0.886. The van der Waals surface area contributed by atoms with Crippen molar-refractivity contribution >= 4 is 10.8 Å². The molecule has 0 amide bonds. The Hall–Kier alpha value is -2.98. The molecule has 0 saturated carbocycles. The van der Waals surface area contributed by atoms with E-state index in [2.05, 4.69) is 10.3 Å². The summed E-state index contributed by atoms with van der Waals surface area (Å²) in [6.45, 7) is 4.62. The normalized spacial score (nSPS) is 23.2. The van der Waals surface area contributed by atoms with Gasteiger partial charge in [0, 0.05) is 30.9 Å². The SMILES string of the molecule is CC(C)Oc1ccc2ccccc2c1CNC[C@H]1O[C@@H](n2ccc(=O)[nH]c2=O)[C@H](O)[C@@H]1O. The molecule has 1 aliphatic heterocycles. The molecule has 170 valence electrons. The van der Waals surface area contributed by atoms with Gasteiger partial charge in [0.25, 0.3) is 5.56 Å². The Balaban J connectivity index is 1.49. The molecule has 2 heterocycles. The van der Waals surface area contributed by atoms with Gasteiger partial charge >= 0.3 is 5.69 Å². The van der Waals surface area contributed by atoms with Crippen molar-refractivity contribution < 1.29 is 19.7 Å². The van der Waals surface area contributed by atoms with Crippen molar-refractivity contribution in [1.82, 2.24) is 14.9 Å². The highest BCUT2D eigenvalue weighted by Gasteiger charge is 2.43. The van der Waals surface area contributed by atoms with E-state index in [9.17, 15) is 19.8 Å². The Morgan fingerprint density at radius 3 is 2.66 bits per heavy atom. The Morgan fingerprint density at radius 1 is 1.12 bits per heavy atom. The average molecular weight is 441 g/mol. The van der Waals surface area contributed by atoms with Crippen LogP contribution in [-0.2, 0) is 11.3 Å². The second-order valence-electron chi connectivity index (χ2n) is 8.12. The van der Waals surface area contributed by atoms with Crippen LogP contribution in [0.1, 0.15) is 25.6 Å². The zero-order valence-electron chi connectivity index (χ0n) is 17.9. The van der Waals surface area contributed by atoms with Crippen LogP contribution in [0.2, 0.25) is 0 Å². The van der Waals surface area contributed by atoms with Crippen LogP contribution in [0.5, 0.6) is 5.75 Å². The third kappa shape index (κ3) is 4.46. The monoisotopic (exact) mass is 441 g/mol. The molecule has 1 fully saturated rings. The lowest BCUT2D eigenvalue weighted by molar-refractivity contribution is -0.0392. The van der Waals surface area contributed by atoms with Crippen molar-refractivity contribution in [3.63, 3.8) is 0 Å². The molecule has 0 unspecified atom stereocenters. The minimum absolute atomic E-state index is 0.0152. The molecule has 3 aromatic rings. The number of nitrogens with one attached hydrogen (secondary N) is 2. The molecule has 32 heavy (non-hydrogen) atoms. The Morgan fingerprint density at radius 2 is 1.91 bits per heavy atom. The van der Waals surface area contributed by atoms with E-state index < -0.39 is 35.8 Å². The molecule has 4 atom stereocenters. The van der Waals surface area contributed by atoms with Gasteiger partial charge in [-0.1, -0.05) is 30.3 Å². The number of hydrogen-bond acceptors (Lipinski definition) is 7. The van der Waals surface area contributed by atoms with E-state index in [0.717, 1.165) is 32.7 Å². The van der Waals surface area contributed by atoms with Gasteiger partial charge in [0.15, 0.2) is 6.23 Å². The summed E-state index contributed by atoms with van der Waals surface area (Å²) < 4.78 is 12.8. The van der Waals surface area contributed by atoms with Gasteiger partial charge in [0.05, 0.1) is 6.10 Å². The van der Waals surface area contributed by atoms with E-state index in [1.165, 1.54) is 6.20 Å². The van der Waals surface area contributed by atoms with Gasteiger partial charge < -0.3 is 25.0 Å². The maximum absolute atomic E-state index is 12.0. The number of hydrogen-bond donors (Lipinski definition) is 4. The van der Waals surface area contributed by atoms with E-state index in [1.54, 1.807) is 0 Å². The van der Waals surface area contributed by atoms with Gasteiger partial charge in [-0.25, -0.2) is 4.79 Å². The molecule has 4 N–H and O–H groups in total. The van der Waals surface area contributed by atoms with Crippen LogP contribution in [0.4, 0.5) is 0 Å². The number of benzene rings is 2. The summed E-state index contributed by atoms with van der Waals surface area (Å²) in [5.41, 5.74) is -0.279. The highest BCUT2D eigenvalue weighted by Crippen LogP contribution is 2.30. The summed E-state index contributed by atoms with van der Waals surface area (Å²) in [4.78, 5) is 25.4. The number of fused-ring (bicyclic) bond motifs is 1. The lowest BCUT2D eigenvalue weighted by atomic mass is 10.0. The second-order valence-corrected chi connectivity index (χ2v) is 8.12. The smallest absolute Gasteiger partial charge is 0.330 e. The molecule has 9 nitrogen and oxygen atoms in total. The molecule has 1 aliphatic rings. The van der Waals surface area contributed by atoms with Crippen molar-refractivity contribution in [1.29, 1.82) is 0 Å². The summed E-state index contributed by atoms with van der Waals surface area (Å²) >= 11 is 0. The Labute approximate surface area is 184 Å². The zero-order chi connectivity index (χ0) is 22.8. The summed E-state index contributed by atoms with van der Waals surface area (Å²) in [6, 6.07) is 13.1. The summed E-state index contributed by atoms with van der Waals surface area (Å²) in [5.74, 6) is 0.775. The van der Waals surface area contributed by atoms with Crippen LogP contribution >= 0.6 is 0 Å². The highest BCUT2D eigenvalue weighted by molar-refractivity contribution is 5.87. The number of rotatable bonds is 7. The van der Waals surface area contributed by atoms with E-state index in [0.29, 0.717) is 6.54 Å². The number of aliphatic hydroxyl groups excluding tert-OH is 2. The third-order valence-electron chi connectivity index (χ3n) is 5.47. The molecule has 2 aromatic carbocycles. The number of H-pyrrole nitrogens is 1. The molecule has 9 heteroatoms. The molecule has 1 saturated heterocycles. The molecule has 4 rings (SSSR count). The van der Waals surface area contributed by atoms with Crippen molar-refractivity contribution in [2.45, 2.75) is 51.0 Å². The Bertz CT molecular complexity index is 1200. The molecule has 0 radical (unpaired) electrons. The van der Waals surface area contributed by atoms with Crippen molar-refractivity contribution in [2.24, 2.45) is 0 Å². The topological polar surface area (TPSA) is 126 Å². The van der Waals surface area contributed by atoms with Crippen LogP contribution in [0.15, 0.2) is 58.3 Å². The van der Waals surface area contributed by atoms with Crippen molar-refractivity contribution in [3.05, 3.63) is 75.1 Å². The molecule has 0 bridgehead atoms. The van der Waals surface area contributed by atoms with Gasteiger partial charge in [-0.2, -0.15) is 0 Å². The first-order valence-electron chi connectivity index (χ1n) is 10.6. The Kier molecular flexibility index (Phi) is 6.43. The van der Waals surface area contributed by atoms with E-state index in [1.807, 2.05) is 50.2 Å². The first kappa shape index (κ1) is 22.2. The van der Waals surface area contributed by atoms with Crippen LogP contribution in [0.25, 0.3) is 10.8 Å². The number of nitrogens with zero attached hydrogens (tertiary/aromatic N) is 1. The molecular weight excluding hydrogens is 414 g/mol. The molecule has 0 aliphatic carbocycles. The number of ether oxygens (including phenoxy) is 2. The van der Waals surface area contributed by atoms with Crippen molar-refractivity contribution in [2.75, 3.05) is 6.54 Å². The lowest BCUT2D eigenvalue weighted by Gasteiger charge is -2.19. The number of aliphatic hydroxyl groups is 2. The fraction of sp³-hybridized carbons (Fsp3) is 0.391. The quantitative estimate of drug-likeness (QED) is 0.429. The van der Waals surface area contributed by atoms with Gasteiger partial charge in [0.1, 0.15) is 24.1 Å². The van der Waals surface area contributed by atoms with Crippen LogP contribution in [0.3, 0.4) is 0 Å². The zero-order valence-corrected chi connectivity index (χ0v) is 17.9. The molecule has 0 spiro atoms. The highest BCUT2D eigenvalue weighted by atomic mass is 16.6. The van der Waals surface area contributed by atoms with Gasteiger partial charge in [-0.3, -0.25) is 14.3 Å². The minimum Gasteiger partial charge on any atom is -0.491 e. The maximum atomic E-state index is 12.0. The first-order chi connectivity index (χ1) is 15.3. The fourth-order valence-electron chi connectivity index (χ4n) is 3.96. The summed E-state index contributed by atoms with van der Waals surface area (Å²) in [7, 11) is 0. The van der Waals surface area contributed by atoms with Crippen LogP contribution in [0, 0.1) is 0 Å². The van der Waals surface area contributed by atoms with Gasteiger partial charge in [-0.15, -0.1) is 0 Å². The lowest BCUT2D eigenvalue weighted by Crippen LogP contribution is -2.38. The van der Waals surface area contributed by atoms with E-state index >= 15 is 0 Å². The number of aromatic nitrogens is 2. The molecular formula is C23H27N3O6. The van der Waals surface area contributed by atoms with E-state index in [4.69, 9.17) is 9.47 Å². The van der Waals surface area contributed by atoms with Crippen molar-refractivity contribution in [3.8, 4) is 5.75 Å². The number of aromatic amines is 1. The van der Waals surface area contributed by atoms with Gasteiger partial charge in [0.2, 0.25) is 0 Å².